The lowest BCUT2D eigenvalue weighted by Gasteiger charge is -1.83. The van der Waals surface area contributed by atoms with Gasteiger partial charge in [0.05, 0.1) is 12.6 Å². The summed E-state index contributed by atoms with van der Waals surface area (Å²) in [5.41, 5.74) is 1.74. The van der Waals surface area contributed by atoms with Gasteiger partial charge in [-0.25, -0.2) is 4.98 Å². The van der Waals surface area contributed by atoms with Crippen LogP contribution in [0.25, 0.3) is 11.2 Å². The number of hydrogen-bond acceptors (Lipinski definition) is 2. The first-order valence-electron chi connectivity index (χ1n) is 2.72. The zero-order valence-corrected chi connectivity index (χ0v) is 5.03. The van der Waals surface area contributed by atoms with E-state index in [1.165, 1.54) is 0 Å². The monoisotopic (exact) mass is 122 g/mol. The SMILES string of the molecule is Cn1cnc2ccoc21. The first-order chi connectivity index (χ1) is 4.38. The van der Waals surface area contributed by atoms with Gasteiger partial charge in [-0.3, -0.25) is 0 Å². The Bertz CT molecular complexity index is 320. The molecule has 0 bridgehead atoms. The van der Waals surface area contributed by atoms with E-state index < -0.39 is 0 Å². The zero-order valence-electron chi connectivity index (χ0n) is 5.03. The van der Waals surface area contributed by atoms with E-state index in [2.05, 4.69) is 4.98 Å². The summed E-state index contributed by atoms with van der Waals surface area (Å²) in [6, 6.07) is 1.84. The van der Waals surface area contributed by atoms with Crippen molar-refractivity contribution < 1.29 is 4.42 Å². The molecule has 0 radical (unpaired) electrons. The van der Waals surface area contributed by atoms with Crippen molar-refractivity contribution in [1.82, 2.24) is 9.55 Å². The summed E-state index contributed by atoms with van der Waals surface area (Å²) in [5.74, 6) is 0. The topological polar surface area (TPSA) is 31.0 Å². The van der Waals surface area contributed by atoms with Crippen LogP contribution in [0, 0.1) is 0 Å². The molecule has 2 heterocycles. The molecule has 0 aliphatic rings. The molecule has 2 rings (SSSR count). The summed E-state index contributed by atoms with van der Waals surface area (Å²) < 4.78 is 6.93. The summed E-state index contributed by atoms with van der Waals surface area (Å²) in [5, 5.41) is 0. The molecule has 2 aromatic rings. The van der Waals surface area contributed by atoms with Crippen molar-refractivity contribution in [3.63, 3.8) is 0 Å². The van der Waals surface area contributed by atoms with Crippen molar-refractivity contribution >= 4 is 11.2 Å². The van der Waals surface area contributed by atoms with Gasteiger partial charge in [-0.1, -0.05) is 0 Å². The maximum Gasteiger partial charge on any atom is 0.226 e. The number of nitrogens with zero attached hydrogens (tertiary/aromatic N) is 2. The van der Waals surface area contributed by atoms with E-state index >= 15 is 0 Å². The molecule has 46 valence electrons. The van der Waals surface area contributed by atoms with Crippen LogP contribution in [0.1, 0.15) is 0 Å². The highest BCUT2D eigenvalue weighted by Crippen LogP contribution is 2.10. The fourth-order valence-electron chi connectivity index (χ4n) is 0.858. The number of rotatable bonds is 0. The van der Waals surface area contributed by atoms with Crippen LogP contribution in [0.15, 0.2) is 23.1 Å². The lowest BCUT2D eigenvalue weighted by atomic mass is 10.6. The summed E-state index contributed by atoms with van der Waals surface area (Å²) in [7, 11) is 1.90. The summed E-state index contributed by atoms with van der Waals surface area (Å²) in [6.45, 7) is 0. The number of aromatic nitrogens is 2. The van der Waals surface area contributed by atoms with Gasteiger partial charge in [0, 0.05) is 13.1 Å². The summed E-state index contributed by atoms with van der Waals surface area (Å²) in [6.07, 6.45) is 3.37. The molecule has 9 heavy (non-hydrogen) atoms. The quantitative estimate of drug-likeness (QED) is 0.525. The van der Waals surface area contributed by atoms with E-state index in [1.807, 2.05) is 17.7 Å². The molecule has 0 aliphatic carbocycles. The zero-order chi connectivity index (χ0) is 6.27. The molecule has 0 fully saturated rings. The molecule has 2 aromatic heterocycles. The second-order valence-corrected chi connectivity index (χ2v) is 1.97. The lowest BCUT2D eigenvalue weighted by molar-refractivity contribution is 0.584. The van der Waals surface area contributed by atoms with Gasteiger partial charge in [-0.05, 0) is 0 Å². The van der Waals surface area contributed by atoms with Crippen molar-refractivity contribution in [2.45, 2.75) is 0 Å². The molecule has 0 aromatic carbocycles. The average molecular weight is 122 g/mol. The van der Waals surface area contributed by atoms with Gasteiger partial charge < -0.3 is 8.98 Å². The third kappa shape index (κ3) is 0.483. The Morgan fingerprint density at radius 1 is 1.67 bits per heavy atom. The number of hydrogen-bond donors (Lipinski definition) is 0. The number of imidazole rings is 1. The Morgan fingerprint density at radius 3 is 3.33 bits per heavy atom. The molecule has 0 spiro atoms. The van der Waals surface area contributed by atoms with Crippen molar-refractivity contribution in [2.24, 2.45) is 7.05 Å². The van der Waals surface area contributed by atoms with Gasteiger partial charge in [0.15, 0.2) is 0 Å². The van der Waals surface area contributed by atoms with Crippen molar-refractivity contribution in [2.75, 3.05) is 0 Å². The molecular weight excluding hydrogens is 116 g/mol. The maximum absolute atomic E-state index is 5.09. The largest absolute Gasteiger partial charge is 0.446 e. The Hall–Kier alpha value is -1.25. The van der Waals surface area contributed by atoms with Crippen LogP contribution in [0.3, 0.4) is 0 Å². The minimum absolute atomic E-state index is 0.829. The van der Waals surface area contributed by atoms with Crippen molar-refractivity contribution in [3.8, 4) is 0 Å². The van der Waals surface area contributed by atoms with Gasteiger partial charge >= 0.3 is 0 Å². The Balaban J connectivity index is 2.99. The fourth-order valence-corrected chi connectivity index (χ4v) is 0.858. The molecule has 0 saturated carbocycles. The summed E-state index contributed by atoms with van der Waals surface area (Å²) >= 11 is 0. The maximum atomic E-state index is 5.09. The van der Waals surface area contributed by atoms with Gasteiger partial charge in [0.1, 0.15) is 5.52 Å². The highest BCUT2D eigenvalue weighted by atomic mass is 16.3. The van der Waals surface area contributed by atoms with E-state index in [4.69, 9.17) is 4.42 Å². The molecule has 0 N–H and O–H groups in total. The third-order valence-electron chi connectivity index (χ3n) is 1.32. The smallest absolute Gasteiger partial charge is 0.226 e. The molecule has 3 heteroatoms. The molecule has 0 unspecified atom stereocenters. The van der Waals surface area contributed by atoms with Gasteiger partial charge in [-0.15, -0.1) is 0 Å². The van der Waals surface area contributed by atoms with E-state index in [9.17, 15) is 0 Å². The van der Waals surface area contributed by atoms with Crippen LogP contribution in [0.5, 0.6) is 0 Å². The normalized spacial score (nSPS) is 10.8. The molecular formula is C6H6N2O. The summed E-state index contributed by atoms with van der Waals surface area (Å²) in [4.78, 5) is 4.05. The first-order valence-corrected chi connectivity index (χ1v) is 2.72. The van der Waals surface area contributed by atoms with Gasteiger partial charge in [-0.2, -0.15) is 0 Å². The lowest BCUT2D eigenvalue weighted by Crippen LogP contribution is -1.79. The predicted octanol–water partition coefficient (Wildman–Crippen LogP) is 1.17. The third-order valence-corrected chi connectivity index (χ3v) is 1.32. The van der Waals surface area contributed by atoms with E-state index in [1.54, 1.807) is 12.6 Å². The van der Waals surface area contributed by atoms with Crippen LogP contribution in [0.4, 0.5) is 0 Å². The van der Waals surface area contributed by atoms with Crippen molar-refractivity contribution in [1.29, 1.82) is 0 Å². The van der Waals surface area contributed by atoms with Gasteiger partial charge in [0.25, 0.3) is 0 Å². The van der Waals surface area contributed by atoms with Crippen LogP contribution in [-0.4, -0.2) is 9.55 Å². The highest BCUT2D eigenvalue weighted by Gasteiger charge is 1.98. The second kappa shape index (κ2) is 1.37. The molecule has 0 saturated heterocycles. The Labute approximate surface area is 51.9 Å². The average Bonchev–Trinajstić information content (AvgIpc) is 2.35. The number of aryl methyl sites for hydroxylation is 1. The minimum Gasteiger partial charge on any atom is -0.446 e. The molecule has 0 amide bonds. The molecule has 0 atom stereocenters. The number of fused-ring (bicyclic) bond motifs is 1. The standard InChI is InChI=1S/C6H6N2O/c1-8-4-7-5-2-3-9-6(5)8/h2-4H,1H3. The van der Waals surface area contributed by atoms with E-state index in [0.717, 1.165) is 11.2 Å². The molecule has 0 aliphatic heterocycles. The minimum atomic E-state index is 0.829. The highest BCUT2D eigenvalue weighted by molar-refractivity contribution is 5.68. The Kier molecular flexibility index (Phi) is 0.704. The van der Waals surface area contributed by atoms with Gasteiger partial charge in [0.2, 0.25) is 5.71 Å². The van der Waals surface area contributed by atoms with Crippen LogP contribution < -0.4 is 0 Å². The van der Waals surface area contributed by atoms with E-state index in [0.29, 0.717) is 0 Å². The van der Waals surface area contributed by atoms with E-state index in [-0.39, 0.29) is 0 Å². The predicted molar refractivity (Wildman–Crippen MR) is 33.0 cm³/mol. The Morgan fingerprint density at radius 2 is 2.56 bits per heavy atom. The van der Waals surface area contributed by atoms with Crippen LogP contribution >= 0.6 is 0 Å². The first kappa shape index (κ1) is 4.61. The van der Waals surface area contributed by atoms with Crippen molar-refractivity contribution in [3.05, 3.63) is 18.7 Å². The fraction of sp³-hybridized carbons (Fsp3) is 0.167. The van der Waals surface area contributed by atoms with Crippen LogP contribution in [0.2, 0.25) is 0 Å². The van der Waals surface area contributed by atoms with Crippen LogP contribution in [-0.2, 0) is 7.05 Å². The molecule has 3 nitrogen and oxygen atoms in total. The second-order valence-electron chi connectivity index (χ2n) is 1.97. The number of furan rings is 1.